The first-order valence-corrected chi connectivity index (χ1v) is 8.97. The van der Waals surface area contributed by atoms with E-state index in [0.717, 1.165) is 37.4 Å². The molecule has 3 nitrogen and oxygen atoms in total. The quantitative estimate of drug-likeness (QED) is 0.582. The van der Waals surface area contributed by atoms with E-state index < -0.39 is 0 Å². The Hall–Kier alpha value is -1.22. The maximum atomic E-state index is 5.94. The third-order valence-corrected chi connectivity index (χ3v) is 4.18. The summed E-state index contributed by atoms with van der Waals surface area (Å²) in [5.74, 6) is 0.948. The molecule has 1 aliphatic rings. The lowest BCUT2D eigenvalue weighted by Gasteiger charge is -2.15. The van der Waals surface area contributed by atoms with Gasteiger partial charge in [0.25, 0.3) is 0 Å². The standard InChI is InChI=1S/C19H31NO2/c1-2-3-4-5-6-9-14-20-18-12-7-8-13-19(18)22-16-17-11-10-15-21-17/h7-8,12-13,17,20H,2-6,9-11,14-16H2,1H3. The molecule has 22 heavy (non-hydrogen) atoms. The highest BCUT2D eigenvalue weighted by Gasteiger charge is 2.16. The zero-order chi connectivity index (χ0) is 15.5. The molecule has 2 rings (SSSR count). The Kier molecular flexibility index (Phi) is 8.18. The predicted octanol–water partition coefficient (Wildman–Crippen LogP) is 5.02. The Balaban J connectivity index is 1.66. The smallest absolute Gasteiger partial charge is 0.142 e. The zero-order valence-corrected chi connectivity index (χ0v) is 14.0. The first kappa shape index (κ1) is 17.1. The van der Waals surface area contributed by atoms with Crippen LogP contribution in [0.4, 0.5) is 5.69 Å². The third kappa shape index (κ3) is 6.27. The highest BCUT2D eigenvalue weighted by Crippen LogP contribution is 2.25. The summed E-state index contributed by atoms with van der Waals surface area (Å²) in [6.07, 6.45) is 10.5. The summed E-state index contributed by atoms with van der Waals surface area (Å²) in [6, 6.07) is 8.23. The maximum absolute atomic E-state index is 5.94. The van der Waals surface area contributed by atoms with Gasteiger partial charge in [-0.1, -0.05) is 51.2 Å². The van der Waals surface area contributed by atoms with Crippen LogP contribution in [0.5, 0.6) is 5.75 Å². The minimum absolute atomic E-state index is 0.270. The van der Waals surface area contributed by atoms with Crippen molar-refractivity contribution in [3.63, 3.8) is 0 Å². The van der Waals surface area contributed by atoms with Gasteiger partial charge in [0.1, 0.15) is 12.4 Å². The number of hydrogen-bond donors (Lipinski definition) is 1. The SMILES string of the molecule is CCCCCCCCNc1ccccc1OCC1CCCO1. The van der Waals surface area contributed by atoms with E-state index in [1.807, 2.05) is 12.1 Å². The van der Waals surface area contributed by atoms with Gasteiger partial charge in [0.2, 0.25) is 0 Å². The minimum atomic E-state index is 0.270. The number of rotatable bonds is 11. The minimum Gasteiger partial charge on any atom is -0.489 e. The largest absolute Gasteiger partial charge is 0.489 e. The third-order valence-electron chi connectivity index (χ3n) is 4.18. The summed E-state index contributed by atoms with van der Waals surface area (Å²) in [4.78, 5) is 0. The molecule has 1 heterocycles. The average Bonchev–Trinajstić information content (AvgIpc) is 3.06. The Labute approximate surface area is 135 Å². The molecular formula is C19H31NO2. The van der Waals surface area contributed by atoms with Crippen molar-refractivity contribution in [1.29, 1.82) is 0 Å². The van der Waals surface area contributed by atoms with E-state index in [1.165, 1.54) is 38.5 Å². The maximum Gasteiger partial charge on any atom is 0.142 e. The molecule has 1 unspecified atom stereocenters. The fourth-order valence-corrected chi connectivity index (χ4v) is 2.83. The van der Waals surface area contributed by atoms with Crippen LogP contribution in [0.2, 0.25) is 0 Å². The van der Waals surface area contributed by atoms with Crippen molar-refractivity contribution >= 4 is 5.69 Å². The van der Waals surface area contributed by atoms with E-state index in [2.05, 4.69) is 24.4 Å². The lowest BCUT2D eigenvalue weighted by atomic mass is 10.1. The summed E-state index contributed by atoms with van der Waals surface area (Å²) in [5, 5.41) is 3.51. The van der Waals surface area contributed by atoms with Crippen LogP contribution in [0.1, 0.15) is 58.3 Å². The van der Waals surface area contributed by atoms with Crippen LogP contribution in [-0.2, 0) is 4.74 Å². The van der Waals surface area contributed by atoms with Crippen LogP contribution < -0.4 is 10.1 Å². The lowest BCUT2D eigenvalue weighted by Crippen LogP contribution is -2.17. The topological polar surface area (TPSA) is 30.5 Å². The Morgan fingerprint density at radius 1 is 1.14 bits per heavy atom. The van der Waals surface area contributed by atoms with Gasteiger partial charge in [-0.05, 0) is 31.4 Å². The first-order valence-electron chi connectivity index (χ1n) is 8.97. The molecule has 1 aromatic rings. The van der Waals surface area contributed by atoms with Gasteiger partial charge in [-0.25, -0.2) is 0 Å². The van der Waals surface area contributed by atoms with Crippen molar-refractivity contribution in [1.82, 2.24) is 0 Å². The van der Waals surface area contributed by atoms with Crippen molar-refractivity contribution in [2.24, 2.45) is 0 Å². The van der Waals surface area contributed by atoms with E-state index in [9.17, 15) is 0 Å². The van der Waals surface area contributed by atoms with Crippen molar-refractivity contribution in [3.05, 3.63) is 24.3 Å². The number of nitrogens with one attached hydrogen (secondary N) is 1. The molecule has 3 heteroatoms. The number of para-hydroxylation sites is 2. The Bertz CT molecular complexity index is 402. The van der Waals surface area contributed by atoms with Gasteiger partial charge in [-0.15, -0.1) is 0 Å². The van der Waals surface area contributed by atoms with Crippen LogP contribution >= 0.6 is 0 Å². The van der Waals surface area contributed by atoms with E-state index in [-0.39, 0.29) is 6.10 Å². The fourth-order valence-electron chi connectivity index (χ4n) is 2.83. The highest BCUT2D eigenvalue weighted by atomic mass is 16.5. The Morgan fingerprint density at radius 2 is 1.95 bits per heavy atom. The highest BCUT2D eigenvalue weighted by molar-refractivity contribution is 5.56. The molecule has 0 aromatic heterocycles. The summed E-state index contributed by atoms with van der Waals surface area (Å²) in [6.45, 7) is 4.82. The van der Waals surface area contributed by atoms with Gasteiger partial charge in [-0.2, -0.15) is 0 Å². The summed E-state index contributed by atoms with van der Waals surface area (Å²) < 4.78 is 11.6. The molecule has 1 fully saturated rings. The second-order valence-corrected chi connectivity index (χ2v) is 6.14. The molecule has 1 atom stereocenters. The number of ether oxygens (including phenoxy) is 2. The Morgan fingerprint density at radius 3 is 2.77 bits per heavy atom. The van der Waals surface area contributed by atoms with Crippen molar-refractivity contribution in [2.45, 2.75) is 64.4 Å². The number of benzene rings is 1. The van der Waals surface area contributed by atoms with E-state index in [0.29, 0.717) is 6.61 Å². The number of hydrogen-bond acceptors (Lipinski definition) is 3. The van der Waals surface area contributed by atoms with Crippen LogP contribution in [0.15, 0.2) is 24.3 Å². The molecule has 0 bridgehead atoms. The molecule has 1 aromatic carbocycles. The van der Waals surface area contributed by atoms with Crippen LogP contribution in [0, 0.1) is 0 Å². The number of anilines is 1. The van der Waals surface area contributed by atoms with Gasteiger partial charge in [0, 0.05) is 13.2 Å². The first-order chi connectivity index (χ1) is 10.9. The molecule has 1 N–H and O–H groups in total. The molecule has 0 aliphatic carbocycles. The molecule has 124 valence electrons. The summed E-state index contributed by atoms with van der Waals surface area (Å²) in [7, 11) is 0. The molecule has 0 spiro atoms. The number of unbranched alkanes of at least 4 members (excludes halogenated alkanes) is 5. The van der Waals surface area contributed by atoms with Gasteiger partial charge in [-0.3, -0.25) is 0 Å². The molecule has 1 saturated heterocycles. The van der Waals surface area contributed by atoms with Gasteiger partial charge in [0.05, 0.1) is 11.8 Å². The van der Waals surface area contributed by atoms with Crippen molar-refractivity contribution < 1.29 is 9.47 Å². The second kappa shape index (κ2) is 10.5. The zero-order valence-electron chi connectivity index (χ0n) is 14.0. The van der Waals surface area contributed by atoms with Crippen LogP contribution in [0.25, 0.3) is 0 Å². The van der Waals surface area contributed by atoms with Crippen molar-refractivity contribution in [3.8, 4) is 5.75 Å². The molecule has 1 aliphatic heterocycles. The molecular weight excluding hydrogens is 274 g/mol. The van der Waals surface area contributed by atoms with E-state index in [4.69, 9.17) is 9.47 Å². The lowest BCUT2D eigenvalue weighted by molar-refractivity contribution is 0.0682. The van der Waals surface area contributed by atoms with Gasteiger partial charge >= 0.3 is 0 Å². The summed E-state index contributed by atoms with van der Waals surface area (Å²) >= 11 is 0. The second-order valence-electron chi connectivity index (χ2n) is 6.14. The average molecular weight is 305 g/mol. The monoisotopic (exact) mass is 305 g/mol. The van der Waals surface area contributed by atoms with Crippen LogP contribution in [-0.4, -0.2) is 25.9 Å². The molecule has 0 radical (unpaired) electrons. The fraction of sp³-hybridized carbons (Fsp3) is 0.684. The van der Waals surface area contributed by atoms with Gasteiger partial charge in [0.15, 0.2) is 0 Å². The van der Waals surface area contributed by atoms with E-state index >= 15 is 0 Å². The summed E-state index contributed by atoms with van der Waals surface area (Å²) in [5.41, 5.74) is 1.11. The molecule has 0 amide bonds. The van der Waals surface area contributed by atoms with Gasteiger partial charge < -0.3 is 14.8 Å². The van der Waals surface area contributed by atoms with Crippen molar-refractivity contribution in [2.75, 3.05) is 25.1 Å². The predicted molar refractivity (Wildman–Crippen MR) is 92.8 cm³/mol. The normalized spacial score (nSPS) is 17.6. The van der Waals surface area contributed by atoms with E-state index in [1.54, 1.807) is 0 Å². The van der Waals surface area contributed by atoms with Crippen LogP contribution in [0.3, 0.4) is 0 Å². The molecule has 0 saturated carbocycles.